The second kappa shape index (κ2) is 6.58. The molecule has 8 heteroatoms. The molecule has 27 heavy (non-hydrogen) atoms. The topological polar surface area (TPSA) is 70.1 Å². The fourth-order valence-electron chi connectivity index (χ4n) is 3.38. The molecule has 4 rings (SSSR count). The molecule has 2 aromatic rings. The molecule has 6 nitrogen and oxygen atoms in total. The van der Waals surface area contributed by atoms with E-state index in [0.717, 1.165) is 9.37 Å². The Morgan fingerprint density at radius 1 is 1.07 bits per heavy atom. The Morgan fingerprint density at radius 3 is 2.41 bits per heavy atom. The molecule has 2 aliphatic rings. The molecule has 0 radical (unpaired) electrons. The fraction of sp³-hybridized carbons (Fsp3) is 0.158. The number of nitrogens with zero attached hydrogens (tertiary/aromatic N) is 3. The minimum Gasteiger partial charge on any atom is -0.293 e. The SMILES string of the molecule is CC(=O)C1=NN(c2cccc(Cl)c2)[C@@H]2C(=O)N(c3ccc(Br)cc3)C(=O)[C@@H]12. The van der Waals surface area contributed by atoms with Gasteiger partial charge in [0, 0.05) is 16.4 Å². The van der Waals surface area contributed by atoms with Crippen LogP contribution in [0.25, 0.3) is 0 Å². The van der Waals surface area contributed by atoms with Crippen molar-refractivity contribution in [1.82, 2.24) is 0 Å². The van der Waals surface area contributed by atoms with Crippen LogP contribution in [0.15, 0.2) is 58.1 Å². The van der Waals surface area contributed by atoms with Gasteiger partial charge in [-0.2, -0.15) is 5.10 Å². The summed E-state index contributed by atoms with van der Waals surface area (Å²) in [5.41, 5.74) is 1.09. The van der Waals surface area contributed by atoms with E-state index in [1.807, 2.05) is 0 Å². The number of anilines is 2. The van der Waals surface area contributed by atoms with E-state index in [2.05, 4.69) is 21.0 Å². The number of rotatable bonds is 3. The molecule has 0 saturated carbocycles. The molecule has 1 saturated heterocycles. The number of carbonyl (C=O) groups excluding carboxylic acids is 3. The van der Waals surface area contributed by atoms with Crippen molar-refractivity contribution in [1.29, 1.82) is 0 Å². The maximum Gasteiger partial charge on any atom is 0.259 e. The second-order valence-electron chi connectivity index (χ2n) is 6.28. The van der Waals surface area contributed by atoms with Crippen molar-refractivity contribution in [3.63, 3.8) is 0 Å². The molecule has 0 aromatic heterocycles. The summed E-state index contributed by atoms with van der Waals surface area (Å²) in [4.78, 5) is 39.4. The van der Waals surface area contributed by atoms with E-state index in [-0.39, 0.29) is 11.5 Å². The molecule has 0 bridgehead atoms. The molecule has 2 aromatic carbocycles. The summed E-state index contributed by atoms with van der Waals surface area (Å²) < 4.78 is 0.831. The Hall–Kier alpha value is -2.51. The van der Waals surface area contributed by atoms with Crippen molar-refractivity contribution in [2.75, 3.05) is 9.91 Å². The highest BCUT2D eigenvalue weighted by Gasteiger charge is 2.58. The molecule has 2 heterocycles. The third-order valence-corrected chi connectivity index (χ3v) is 5.33. The molecule has 0 N–H and O–H groups in total. The number of benzene rings is 2. The fourth-order valence-corrected chi connectivity index (χ4v) is 3.83. The van der Waals surface area contributed by atoms with Crippen molar-refractivity contribution in [3.8, 4) is 0 Å². The highest BCUT2D eigenvalue weighted by molar-refractivity contribution is 9.10. The van der Waals surface area contributed by atoms with Gasteiger partial charge in [0.25, 0.3) is 5.91 Å². The summed E-state index contributed by atoms with van der Waals surface area (Å²) in [6, 6.07) is 12.7. The van der Waals surface area contributed by atoms with E-state index in [1.54, 1.807) is 48.5 Å². The van der Waals surface area contributed by atoms with Crippen molar-refractivity contribution in [2.24, 2.45) is 11.0 Å². The lowest BCUT2D eigenvalue weighted by Crippen LogP contribution is -2.39. The first kappa shape index (κ1) is 17.9. The van der Waals surface area contributed by atoms with E-state index in [0.29, 0.717) is 16.4 Å². The van der Waals surface area contributed by atoms with Crippen LogP contribution in [0.4, 0.5) is 11.4 Å². The van der Waals surface area contributed by atoms with Crippen molar-refractivity contribution in [2.45, 2.75) is 13.0 Å². The van der Waals surface area contributed by atoms with Crippen LogP contribution in [0.1, 0.15) is 6.92 Å². The summed E-state index contributed by atoms with van der Waals surface area (Å²) in [6.07, 6.45) is 0. The molecule has 0 unspecified atom stereocenters. The Labute approximate surface area is 168 Å². The lowest BCUT2D eigenvalue weighted by molar-refractivity contribution is -0.122. The van der Waals surface area contributed by atoms with Crippen molar-refractivity contribution in [3.05, 3.63) is 58.0 Å². The van der Waals surface area contributed by atoms with Crippen LogP contribution in [0, 0.1) is 5.92 Å². The molecule has 2 aliphatic heterocycles. The highest BCUT2D eigenvalue weighted by atomic mass is 79.9. The lowest BCUT2D eigenvalue weighted by Gasteiger charge is -2.22. The predicted molar refractivity (Wildman–Crippen MR) is 106 cm³/mol. The lowest BCUT2D eigenvalue weighted by atomic mass is 9.95. The number of ketones is 1. The molecule has 1 fully saturated rings. The third-order valence-electron chi connectivity index (χ3n) is 4.57. The average Bonchev–Trinajstić information content (AvgIpc) is 3.14. The van der Waals surface area contributed by atoms with Gasteiger partial charge in [0.05, 0.1) is 11.4 Å². The first-order valence-electron chi connectivity index (χ1n) is 8.16. The summed E-state index contributed by atoms with van der Waals surface area (Å²) in [5, 5.41) is 6.18. The highest BCUT2D eigenvalue weighted by Crippen LogP contribution is 2.38. The Morgan fingerprint density at radius 2 is 1.78 bits per heavy atom. The van der Waals surface area contributed by atoms with E-state index in [9.17, 15) is 14.4 Å². The number of halogens is 2. The number of amides is 2. The number of fused-ring (bicyclic) bond motifs is 1. The largest absolute Gasteiger partial charge is 0.293 e. The smallest absolute Gasteiger partial charge is 0.259 e. The minimum atomic E-state index is -0.933. The zero-order valence-electron chi connectivity index (χ0n) is 14.1. The van der Waals surface area contributed by atoms with Gasteiger partial charge in [-0.05, 0) is 42.5 Å². The number of carbonyl (C=O) groups is 3. The normalized spacial score (nSPS) is 21.5. The zero-order valence-corrected chi connectivity index (χ0v) is 16.4. The van der Waals surface area contributed by atoms with Crippen molar-refractivity contribution >= 4 is 62.2 Å². The first-order valence-corrected chi connectivity index (χ1v) is 9.33. The Kier molecular flexibility index (Phi) is 4.36. The van der Waals surface area contributed by atoms with Gasteiger partial charge in [0.2, 0.25) is 5.91 Å². The molecule has 0 aliphatic carbocycles. The Bertz CT molecular complexity index is 1010. The first-order chi connectivity index (χ1) is 12.9. The molecule has 2 amide bonds. The van der Waals surface area contributed by atoms with E-state index in [1.165, 1.54) is 11.9 Å². The number of hydrazone groups is 1. The maximum absolute atomic E-state index is 13.2. The van der Waals surface area contributed by atoms with Crippen LogP contribution in [0.2, 0.25) is 5.02 Å². The van der Waals surface area contributed by atoms with Gasteiger partial charge >= 0.3 is 0 Å². The summed E-state index contributed by atoms with van der Waals surface area (Å²) in [6.45, 7) is 1.34. The molecular weight excluding hydrogens is 434 g/mol. The van der Waals surface area contributed by atoms with Gasteiger partial charge in [-0.25, -0.2) is 4.90 Å². The van der Waals surface area contributed by atoms with Gasteiger partial charge in [-0.15, -0.1) is 0 Å². The van der Waals surface area contributed by atoms with Gasteiger partial charge in [-0.3, -0.25) is 19.4 Å². The van der Waals surface area contributed by atoms with Crippen LogP contribution in [-0.2, 0) is 14.4 Å². The third kappa shape index (κ3) is 2.87. The van der Waals surface area contributed by atoms with Crippen molar-refractivity contribution < 1.29 is 14.4 Å². The van der Waals surface area contributed by atoms with Crippen LogP contribution >= 0.6 is 27.5 Å². The monoisotopic (exact) mass is 445 g/mol. The Balaban J connectivity index is 1.80. The van der Waals surface area contributed by atoms with E-state index < -0.39 is 23.8 Å². The van der Waals surface area contributed by atoms with Crippen LogP contribution in [0.3, 0.4) is 0 Å². The summed E-state index contributed by atoms with van der Waals surface area (Å²) in [7, 11) is 0. The number of Topliss-reactive ketones (excluding diaryl/α,β-unsaturated/α-hetero) is 1. The van der Waals surface area contributed by atoms with Crippen LogP contribution < -0.4 is 9.91 Å². The standard InChI is InChI=1S/C19H13BrClN3O3/c1-10(25)16-15-17(24(22-16)14-4-2-3-12(21)9-14)19(27)23(18(15)26)13-7-5-11(20)6-8-13/h2-9,15,17H,1H3/t15-,17-/m0/s1. The van der Waals surface area contributed by atoms with E-state index >= 15 is 0 Å². The van der Waals surface area contributed by atoms with Gasteiger partial charge in [0.1, 0.15) is 17.7 Å². The number of imide groups is 1. The summed E-state index contributed by atoms with van der Waals surface area (Å²) >= 11 is 9.40. The molecular formula is C19H13BrClN3O3. The molecule has 0 spiro atoms. The number of hydrogen-bond acceptors (Lipinski definition) is 5. The van der Waals surface area contributed by atoms with E-state index in [4.69, 9.17) is 11.6 Å². The number of hydrogen-bond donors (Lipinski definition) is 0. The second-order valence-corrected chi connectivity index (χ2v) is 7.63. The molecule has 136 valence electrons. The predicted octanol–water partition coefficient (Wildman–Crippen LogP) is 3.43. The summed E-state index contributed by atoms with van der Waals surface area (Å²) in [5.74, 6) is -2.15. The van der Waals surface area contributed by atoms with Gasteiger partial charge < -0.3 is 0 Å². The molecule has 2 atom stereocenters. The quantitative estimate of drug-likeness (QED) is 0.678. The van der Waals surface area contributed by atoms with Crippen LogP contribution in [-0.4, -0.2) is 29.4 Å². The minimum absolute atomic E-state index is 0.0814. The van der Waals surface area contributed by atoms with Crippen LogP contribution in [0.5, 0.6) is 0 Å². The maximum atomic E-state index is 13.2. The van der Waals surface area contributed by atoms with Gasteiger partial charge in [-0.1, -0.05) is 33.6 Å². The average molecular weight is 447 g/mol. The van der Waals surface area contributed by atoms with Gasteiger partial charge in [0.15, 0.2) is 5.78 Å². The zero-order chi connectivity index (χ0) is 19.3.